The maximum absolute atomic E-state index is 12.0. The molecule has 1 unspecified atom stereocenters. The van der Waals surface area contributed by atoms with Gasteiger partial charge in [-0.25, -0.2) is 16.8 Å². The van der Waals surface area contributed by atoms with Gasteiger partial charge in [0.2, 0.25) is 20.8 Å². The third kappa shape index (κ3) is 64.7. The van der Waals surface area contributed by atoms with Crippen molar-refractivity contribution in [3.63, 3.8) is 0 Å². The molecule has 0 aromatic heterocycles. The molecule has 0 amide bonds. The summed E-state index contributed by atoms with van der Waals surface area (Å²) < 4.78 is 111. The summed E-state index contributed by atoms with van der Waals surface area (Å²) >= 11 is 0. The van der Waals surface area contributed by atoms with Crippen LogP contribution in [-0.2, 0) is 58.3 Å². The predicted octanol–water partition coefficient (Wildman–Crippen LogP) is 5.22. The van der Waals surface area contributed by atoms with Gasteiger partial charge in [-0.3, -0.25) is 22.5 Å². The van der Waals surface area contributed by atoms with Gasteiger partial charge >= 0.3 is 71.1 Å². The second-order valence-electron chi connectivity index (χ2n) is 16.0. The molecule has 20 heteroatoms. The maximum atomic E-state index is 12.0. The van der Waals surface area contributed by atoms with E-state index in [2.05, 4.69) is 36.1 Å². The Balaban J connectivity index is -0.000000281. The van der Waals surface area contributed by atoms with Crippen LogP contribution in [0, 0.1) is 0 Å². The first-order chi connectivity index (χ1) is 29.4. The van der Waals surface area contributed by atoms with Crippen LogP contribution in [0.5, 0.6) is 0 Å². The number of carbonyl (C=O) groups excluding carboxylic acids is 2. The van der Waals surface area contributed by atoms with E-state index in [-0.39, 0.29) is 85.5 Å². The van der Waals surface area contributed by atoms with Crippen molar-refractivity contribution in [1.29, 1.82) is 0 Å². The van der Waals surface area contributed by atoms with E-state index in [1.165, 1.54) is 96.3 Å². The van der Waals surface area contributed by atoms with Crippen molar-refractivity contribution in [2.75, 3.05) is 26.4 Å². The van der Waals surface area contributed by atoms with Crippen LogP contribution in [0.2, 0.25) is 0 Å². The zero-order valence-corrected chi connectivity index (χ0v) is 47.6. The molecule has 64 heavy (non-hydrogen) atoms. The van der Waals surface area contributed by atoms with Crippen molar-refractivity contribution in [2.45, 2.75) is 245 Å². The molecule has 0 bridgehead atoms. The van der Waals surface area contributed by atoms with Crippen LogP contribution in [0.1, 0.15) is 240 Å². The summed E-state index contributed by atoms with van der Waals surface area (Å²) in [7, 11) is -13.7. The van der Waals surface area contributed by atoms with Gasteiger partial charge in [0.25, 0.3) is 10.1 Å². The van der Waals surface area contributed by atoms with E-state index in [4.69, 9.17) is 9.47 Å². The minimum Gasteiger partial charge on any atom is -0.726 e. The average Bonchev–Trinajstić information content (AvgIpc) is 3.19. The Hall–Kier alpha value is 0.590. The Morgan fingerprint density at radius 3 is 0.891 bits per heavy atom. The minimum atomic E-state index is -4.73. The van der Waals surface area contributed by atoms with Gasteiger partial charge in [-0.1, -0.05) is 207 Å². The van der Waals surface area contributed by atoms with Crippen molar-refractivity contribution in [3.8, 4) is 0 Å². The average molecular weight is 999 g/mol. The second-order valence-corrected chi connectivity index (χ2v) is 19.7. The molecule has 0 spiro atoms. The van der Waals surface area contributed by atoms with Gasteiger partial charge in [0.1, 0.15) is 0 Å². The molecule has 1 atom stereocenters. The third-order valence-corrected chi connectivity index (χ3v) is 11.9. The Labute approximate surface area is 435 Å². The van der Waals surface area contributed by atoms with E-state index in [9.17, 15) is 48.5 Å². The number of esters is 2. The van der Waals surface area contributed by atoms with E-state index in [0.717, 1.165) is 83.5 Å². The maximum Gasteiger partial charge on any atom is 1.00 e. The van der Waals surface area contributed by atoms with Crippen molar-refractivity contribution in [1.82, 2.24) is 0 Å². The Morgan fingerprint density at radius 1 is 0.406 bits per heavy atom. The molecule has 374 valence electrons. The molecule has 0 fully saturated rings. The summed E-state index contributed by atoms with van der Waals surface area (Å²) in [5.41, 5.74) is 0. The first-order valence-electron chi connectivity index (χ1n) is 23.9. The van der Waals surface area contributed by atoms with Gasteiger partial charge in [0.05, 0.1) is 32.8 Å². The molecule has 0 aliphatic carbocycles. The summed E-state index contributed by atoms with van der Waals surface area (Å²) in [6.45, 7) is 8.99. The predicted molar refractivity (Wildman–Crippen MR) is 244 cm³/mol. The van der Waals surface area contributed by atoms with Gasteiger partial charge in [-0.2, -0.15) is 8.42 Å². The molecule has 0 saturated carbocycles. The Morgan fingerprint density at radius 2 is 0.641 bits per heavy atom. The zero-order valence-electron chi connectivity index (χ0n) is 41.1. The smallest absolute Gasteiger partial charge is 0.726 e. The van der Waals surface area contributed by atoms with Crippen molar-refractivity contribution < 1.29 is 125 Å². The van der Waals surface area contributed by atoms with Crippen molar-refractivity contribution in [2.24, 2.45) is 0 Å². The Bertz CT molecular complexity index is 1280. The number of hydrogen-bond acceptors (Lipinski definition) is 14. The van der Waals surface area contributed by atoms with Crippen LogP contribution in [0.25, 0.3) is 0 Å². The van der Waals surface area contributed by atoms with E-state index in [1.807, 2.05) is 0 Å². The van der Waals surface area contributed by atoms with Crippen LogP contribution in [-0.4, -0.2) is 82.5 Å². The molecule has 0 radical (unpaired) electrons. The largest absolute Gasteiger partial charge is 1.00 e. The van der Waals surface area contributed by atoms with Crippen molar-refractivity contribution in [3.05, 3.63) is 0 Å². The summed E-state index contributed by atoms with van der Waals surface area (Å²) in [6, 6.07) is 0. The quantitative estimate of drug-likeness (QED) is 0.0271. The van der Waals surface area contributed by atoms with Crippen molar-refractivity contribution >= 4 is 42.9 Å². The van der Waals surface area contributed by atoms with Gasteiger partial charge in [0, 0.05) is 0 Å². The van der Waals surface area contributed by atoms with Crippen LogP contribution in [0.3, 0.4) is 0 Å². The SMILES string of the molecule is CCCCCCCCCCCCOS(=O)(=O)[O-].CCCCCCCCCCCCOS(=O)(=O)[O-].CCCCCCCCOC(=O)CC(C(=O)OCCCCCCCC)S(=O)(=O)O.[Na+].[Na+]. The molecule has 1 N–H and O–H groups in total. The Kier molecular flexibility index (Phi) is 60.9. The van der Waals surface area contributed by atoms with E-state index in [0.29, 0.717) is 25.7 Å². The summed E-state index contributed by atoms with van der Waals surface area (Å²) in [5.74, 6) is -1.93. The second kappa shape index (κ2) is 53.0. The number of rotatable bonds is 42. The monoisotopic (exact) mass is 999 g/mol. The first kappa shape index (κ1) is 73.6. The van der Waals surface area contributed by atoms with Gasteiger partial charge < -0.3 is 18.6 Å². The molecular weight excluding hydrogens is 911 g/mol. The van der Waals surface area contributed by atoms with Crippen LogP contribution in [0.4, 0.5) is 0 Å². The third-order valence-electron chi connectivity index (χ3n) is 9.93. The zero-order chi connectivity index (χ0) is 47.2. The molecule has 0 aliphatic heterocycles. The number of carbonyl (C=O) groups is 2. The number of ether oxygens (including phenoxy) is 2. The topological polar surface area (TPSA) is 240 Å². The summed E-state index contributed by atoms with van der Waals surface area (Å²) in [4.78, 5) is 23.8. The van der Waals surface area contributed by atoms with E-state index < -0.39 is 54.5 Å². The van der Waals surface area contributed by atoms with Crippen LogP contribution < -0.4 is 59.1 Å². The molecule has 0 aromatic rings. The first-order valence-corrected chi connectivity index (χ1v) is 28.1. The van der Waals surface area contributed by atoms with E-state index in [1.54, 1.807) is 0 Å². The normalized spacial score (nSPS) is 11.8. The summed E-state index contributed by atoms with van der Waals surface area (Å²) in [5, 5.41) is -1.93. The van der Waals surface area contributed by atoms with Gasteiger partial charge in [-0.15, -0.1) is 0 Å². The standard InChI is InChI=1S/C20H38O7S.2C12H26O4S.2Na/c1-3-5-7-9-11-13-15-26-19(21)17-18(28(23,24)25)20(22)27-16-14-12-10-8-6-4-2;2*1-2-3-4-5-6-7-8-9-10-11-12-16-17(13,14)15;;/h18H,3-17H2,1-2H3,(H,23,24,25);2*2-12H2,1H3,(H,13,14,15);;/q;;;2*+1/p-2. The van der Waals surface area contributed by atoms with Crippen LogP contribution >= 0.6 is 0 Å². The minimum absolute atomic E-state index is 0. The fourth-order valence-corrected chi connectivity index (χ4v) is 7.54. The molecular formula is C44H88Na2O15S3. The molecule has 0 aliphatic rings. The molecule has 15 nitrogen and oxygen atoms in total. The molecule has 0 heterocycles. The number of hydrogen-bond donors (Lipinski definition) is 1. The van der Waals surface area contributed by atoms with Crippen LogP contribution in [0.15, 0.2) is 0 Å². The molecule has 0 aromatic carbocycles. The van der Waals surface area contributed by atoms with Gasteiger partial charge in [-0.05, 0) is 25.7 Å². The molecule has 0 rings (SSSR count). The van der Waals surface area contributed by atoms with E-state index >= 15 is 0 Å². The summed E-state index contributed by atoms with van der Waals surface area (Å²) in [6.07, 6.45) is 34.7. The molecule has 0 saturated heterocycles. The van der Waals surface area contributed by atoms with Gasteiger partial charge in [0.15, 0.2) is 5.25 Å². The fraction of sp³-hybridized carbons (Fsp3) is 0.955. The number of unbranched alkanes of at least 4 members (excludes halogenated alkanes) is 28. The fourth-order valence-electron chi connectivity index (χ4n) is 6.24.